The van der Waals surface area contributed by atoms with Gasteiger partial charge in [-0.3, -0.25) is 10.1 Å². The predicted octanol–water partition coefficient (Wildman–Crippen LogP) is 2.32. The molecule has 0 aromatic carbocycles. The summed E-state index contributed by atoms with van der Waals surface area (Å²) < 4.78 is 0. The average Bonchev–Trinajstić information content (AvgIpc) is 2.52. The Bertz CT molecular complexity index is 346. The number of nitrogens with zero attached hydrogens (tertiary/aromatic N) is 1. The Balaban J connectivity index is 2.44. The van der Waals surface area contributed by atoms with Gasteiger partial charge in [0.25, 0.3) is 0 Å². The van der Waals surface area contributed by atoms with Crippen molar-refractivity contribution in [2.24, 2.45) is 0 Å². The molecule has 0 bridgehead atoms. The summed E-state index contributed by atoms with van der Waals surface area (Å²) in [7, 11) is 0. The maximum atomic E-state index is 10.4. The second-order valence-corrected chi connectivity index (χ2v) is 4.20. The van der Waals surface area contributed by atoms with Gasteiger partial charge in [-0.05, 0) is 13.0 Å². The molecule has 76 valence electrons. The summed E-state index contributed by atoms with van der Waals surface area (Å²) in [5.41, 5.74) is 1.05. The van der Waals surface area contributed by atoms with E-state index in [9.17, 15) is 10.1 Å². The van der Waals surface area contributed by atoms with Crippen molar-refractivity contribution in [3.63, 3.8) is 0 Å². The normalized spacial score (nSPS) is 10.1. The van der Waals surface area contributed by atoms with Gasteiger partial charge in [0.2, 0.25) is 0 Å². The average molecular weight is 212 g/mol. The van der Waals surface area contributed by atoms with Crippen LogP contribution in [0.15, 0.2) is 24.3 Å². The van der Waals surface area contributed by atoms with Crippen LogP contribution in [0.2, 0.25) is 0 Å². The molecule has 0 saturated heterocycles. The molecule has 0 aliphatic rings. The van der Waals surface area contributed by atoms with Crippen molar-refractivity contribution in [2.45, 2.75) is 13.5 Å². The zero-order valence-electron chi connectivity index (χ0n) is 7.95. The van der Waals surface area contributed by atoms with Crippen molar-refractivity contribution < 1.29 is 4.92 Å². The van der Waals surface area contributed by atoms with Crippen LogP contribution in [0.4, 0.5) is 5.00 Å². The number of nitro groups is 1. The van der Waals surface area contributed by atoms with E-state index in [1.165, 1.54) is 17.4 Å². The van der Waals surface area contributed by atoms with E-state index in [0.29, 0.717) is 6.54 Å². The van der Waals surface area contributed by atoms with Crippen LogP contribution in [0.3, 0.4) is 0 Å². The third-order valence-corrected chi connectivity index (χ3v) is 2.59. The molecule has 0 radical (unpaired) electrons. The van der Waals surface area contributed by atoms with E-state index in [2.05, 4.69) is 11.9 Å². The molecule has 0 atom stereocenters. The first-order chi connectivity index (χ1) is 6.59. The molecule has 1 aromatic heterocycles. The van der Waals surface area contributed by atoms with E-state index in [-0.39, 0.29) is 9.92 Å². The third kappa shape index (κ3) is 3.27. The van der Waals surface area contributed by atoms with Crippen LogP contribution in [-0.2, 0) is 6.54 Å². The van der Waals surface area contributed by atoms with Crippen LogP contribution in [0.5, 0.6) is 0 Å². The number of thiophene rings is 1. The second kappa shape index (κ2) is 4.88. The van der Waals surface area contributed by atoms with Crippen LogP contribution in [0.25, 0.3) is 0 Å². The Hall–Kier alpha value is -1.20. The fraction of sp³-hybridized carbons (Fsp3) is 0.333. The zero-order chi connectivity index (χ0) is 10.6. The molecule has 5 heteroatoms. The fourth-order valence-electron chi connectivity index (χ4n) is 0.959. The summed E-state index contributed by atoms with van der Waals surface area (Å²) in [6.07, 6.45) is 0. The van der Waals surface area contributed by atoms with Gasteiger partial charge in [0, 0.05) is 24.0 Å². The van der Waals surface area contributed by atoms with Gasteiger partial charge >= 0.3 is 5.00 Å². The van der Waals surface area contributed by atoms with Gasteiger partial charge in [-0.25, -0.2) is 0 Å². The van der Waals surface area contributed by atoms with Gasteiger partial charge in [-0.15, -0.1) is 0 Å². The molecule has 0 fully saturated rings. The Morgan fingerprint density at radius 2 is 2.43 bits per heavy atom. The van der Waals surface area contributed by atoms with Crippen molar-refractivity contribution in [1.82, 2.24) is 5.32 Å². The van der Waals surface area contributed by atoms with Gasteiger partial charge < -0.3 is 5.32 Å². The van der Waals surface area contributed by atoms with Crippen LogP contribution in [0, 0.1) is 10.1 Å². The third-order valence-electron chi connectivity index (χ3n) is 1.55. The van der Waals surface area contributed by atoms with Crippen molar-refractivity contribution in [3.05, 3.63) is 39.3 Å². The SMILES string of the molecule is C=C(C)CNCc1ccc([N+](=O)[O-])s1. The topological polar surface area (TPSA) is 55.2 Å². The number of hydrogen-bond donors (Lipinski definition) is 1. The highest BCUT2D eigenvalue weighted by Gasteiger charge is 2.08. The smallest absolute Gasteiger partial charge is 0.308 e. The minimum atomic E-state index is -0.368. The quantitative estimate of drug-likeness (QED) is 0.463. The standard InChI is InChI=1S/C9H12N2O2S/c1-7(2)5-10-6-8-3-4-9(14-8)11(12)13/h3-4,10H,1,5-6H2,2H3. The summed E-state index contributed by atoms with van der Waals surface area (Å²) in [5.74, 6) is 0. The largest absolute Gasteiger partial charge is 0.324 e. The zero-order valence-corrected chi connectivity index (χ0v) is 8.76. The van der Waals surface area contributed by atoms with Crippen LogP contribution < -0.4 is 5.32 Å². The Labute approximate surface area is 86.4 Å². The minimum absolute atomic E-state index is 0.192. The summed E-state index contributed by atoms with van der Waals surface area (Å²) in [4.78, 5) is 11.0. The van der Waals surface area contributed by atoms with Gasteiger partial charge in [0.05, 0.1) is 4.92 Å². The minimum Gasteiger partial charge on any atom is -0.308 e. The van der Waals surface area contributed by atoms with Gasteiger partial charge in [-0.2, -0.15) is 0 Å². The Morgan fingerprint density at radius 1 is 1.71 bits per heavy atom. The lowest BCUT2D eigenvalue weighted by Crippen LogP contribution is -2.14. The molecule has 0 unspecified atom stereocenters. The van der Waals surface area contributed by atoms with Gasteiger partial charge in [0.15, 0.2) is 0 Å². The van der Waals surface area contributed by atoms with E-state index in [0.717, 1.165) is 17.0 Å². The first kappa shape index (κ1) is 10.9. The van der Waals surface area contributed by atoms with Crippen LogP contribution in [0.1, 0.15) is 11.8 Å². The lowest BCUT2D eigenvalue weighted by molar-refractivity contribution is -0.380. The molecule has 0 amide bonds. The molecule has 1 aromatic rings. The maximum absolute atomic E-state index is 10.4. The molecule has 1 rings (SSSR count). The molecular formula is C9H12N2O2S. The first-order valence-corrected chi connectivity index (χ1v) is 4.99. The summed E-state index contributed by atoms with van der Waals surface area (Å²) in [5, 5.41) is 13.7. The van der Waals surface area contributed by atoms with Gasteiger partial charge in [0.1, 0.15) is 0 Å². The molecule has 0 saturated carbocycles. The highest BCUT2D eigenvalue weighted by Crippen LogP contribution is 2.23. The lowest BCUT2D eigenvalue weighted by Gasteiger charge is -2.00. The van der Waals surface area contributed by atoms with Gasteiger partial charge in [-0.1, -0.05) is 23.5 Å². The maximum Gasteiger partial charge on any atom is 0.324 e. The highest BCUT2D eigenvalue weighted by molar-refractivity contribution is 7.15. The summed E-state index contributed by atoms with van der Waals surface area (Å²) in [6, 6.07) is 3.30. The van der Waals surface area contributed by atoms with E-state index in [1.54, 1.807) is 6.07 Å². The van der Waals surface area contributed by atoms with E-state index >= 15 is 0 Å². The molecule has 1 N–H and O–H groups in total. The van der Waals surface area contributed by atoms with Crippen molar-refractivity contribution in [2.75, 3.05) is 6.54 Å². The molecule has 1 heterocycles. The number of nitrogens with one attached hydrogen (secondary N) is 1. The first-order valence-electron chi connectivity index (χ1n) is 4.18. The van der Waals surface area contributed by atoms with Crippen molar-refractivity contribution in [1.29, 1.82) is 0 Å². The number of rotatable bonds is 5. The summed E-state index contributed by atoms with van der Waals surface area (Å²) >= 11 is 1.20. The highest BCUT2D eigenvalue weighted by atomic mass is 32.1. The molecular weight excluding hydrogens is 200 g/mol. The summed E-state index contributed by atoms with van der Waals surface area (Å²) in [6.45, 7) is 7.09. The Morgan fingerprint density at radius 3 is 2.93 bits per heavy atom. The van der Waals surface area contributed by atoms with Crippen LogP contribution in [-0.4, -0.2) is 11.5 Å². The van der Waals surface area contributed by atoms with E-state index < -0.39 is 0 Å². The molecule has 0 spiro atoms. The molecule has 0 aliphatic heterocycles. The molecule has 14 heavy (non-hydrogen) atoms. The number of hydrogen-bond acceptors (Lipinski definition) is 4. The molecule has 4 nitrogen and oxygen atoms in total. The fourth-order valence-corrected chi connectivity index (χ4v) is 1.75. The lowest BCUT2D eigenvalue weighted by atomic mass is 10.3. The van der Waals surface area contributed by atoms with E-state index in [4.69, 9.17) is 0 Å². The molecule has 0 aliphatic carbocycles. The Kier molecular flexibility index (Phi) is 3.79. The van der Waals surface area contributed by atoms with Crippen molar-refractivity contribution >= 4 is 16.3 Å². The monoisotopic (exact) mass is 212 g/mol. The second-order valence-electron chi connectivity index (χ2n) is 3.06. The predicted molar refractivity (Wildman–Crippen MR) is 57.5 cm³/mol. The van der Waals surface area contributed by atoms with E-state index in [1.807, 2.05) is 6.92 Å². The van der Waals surface area contributed by atoms with Crippen LogP contribution >= 0.6 is 11.3 Å². The van der Waals surface area contributed by atoms with Crippen molar-refractivity contribution in [3.8, 4) is 0 Å².